The Bertz CT molecular complexity index is 877. The van der Waals surface area contributed by atoms with E-state index in [4.69, 9.17) is 4.74 Å². The number of amides is 1. The van der Waals surface area contributed by atoms with Gasteiger partial charge in [-0.15, -0.1) is 0 Å². The van der Waals surface area contributed by atoms with Gasteiger partial charge in [-0.25, -0.2) is 8.42 Å². The third kappa shape index (κ3) is 6.29. The Morgan fingerprint density at radius 1 is 1.07 bits per heavy atom. The number of carbonyl (C=O) groups is 1. The summed E-state index contributed by atoms with van der Waals surface area (Å²) in [7, 11) is -1.88. The summed E-state index contributed by atoms with van der Waals surface area (Å²) in [6.07, 6.45) is 1.81. The second-order valence-electron chi connectivity index (χ2n) is 6.85. The molecule has 6 nitrogen and oxygen atoms in total. The van der Waals surface area contributed by atoms with Gasteiger partial charge in [-0.1, -0.05) is 38.1 Å². The number of hydrogen-bond donors (Lipinski definition) is 2. The zero-order valence-electron chi connectivity index (χ0n) is 16.0. The molecule has 0 aromatic heterocycles. The fourth-order valence-electron chi connectivity index (χ4n) is 2.79. The standard InChI is InChI=1S/C20H26N2O4S/c1-14(2)13-19(15-9-11-16(26-3)12-10-15)21-20(23)17-7-5-6-8-18(17)22-27(4,24)25/h5-12,14,19,22H,13H2,1-4H3,(H,21,23)/t19-/m1/s1. The van der Waals surface area contributed by atoms with E-state index in [2.05, 4.69) is 23.9 Å². The molecular weight excluding hydrogens is 364 g/mol. The van der Waals surface area contributed by atoms with Gasteiger partial charge in [0.2, 0.25) is 10.0 Å². The number of methoxy groups -OCH3 is 1. The zero-order chi connectivity index (χ0) is 20.0. The number of sulfonamides is 1. The number of rotatable bonds is 8. The van der Waals surface area contributed by atoms with E-state index in [-0.39, 0.29) is 23.2 Å². The topological polar surface area (TPSA) is 84.5 Å². The highest BCUT2D eigenvalue weighted by Gasteiger charge is 2.20. The van der Waals surface area contributed by atoms with E-state index >= 15 is 0 Å². The van der Waals surface area contributed by atoms with E-state index in [0.29, 0.717) is 5.92 Å². The highest BCUT2D eigenvalue weighted by molar-refractivity contribution is 7.92. The molecule has 27 heavy (non-hydrogen) atoms. The molecule has 0 aliphatic heterocycles. The Morgan fingerprint density at radius 2 is 1.70 bits per heavy atom. The molecule has 0 aliphatic carbocycles. The zero-order valence-corrected chi connectivity index (χ0v) is 16.8. The van der Waals surface area contributed by atoms with E-state index < -0.39 is 10.0 Å². The van der Waals surface area contributed by atoms with E-state index in [1.54, 1.807) is 31.4 Å². The second kappa shape index (κ2) is 8.90. The normalized spacial score (nSPS) is 12.5. The fraction of sp³-hybridized carbons (Fsp3) is 0.350. The molecule has 0 spiro atoms. The van der Waals surface area contributed by atoms with Crippen LogP contribution < -0.4 is 14.8 Å². The molecule has 0 fully saturated rings. The SMILES string of the molecule is COc1ccc([C@@H](CC(C)C)NC(=O)c2ccccc2NS(C)(=O)=O)cc1. The molecular formula is C20H26N2O4S. The third-order valence-electron chi connectivity index (χ3n) is 4.00. The number of ether oxygens (including phenoxy) is 1. The molecule has 0 aliphatic rings. The molecule has 0 saturated heterocycles. The predicted octanol–water partition coefficient (Wildman–Crippen LogP) is 3.58. The Balaban J connectivity index is 2.28. The summed E-state index contributed by atoms with van der Waals surface area (Å²) in [5.74, 6) is 0.779. The van der Waals surface area contributed by atoms with Crippen LogP contribution in [0.4, 0.5) is 5.69 Å². The van der Waals surface area contributed by atoms with Gasteiger partial charge in [0.05, 0.1) is 30.7 Å². The van der Waals surface area contributed by atoms with Gasteiger partial charge < -0.3 is 10.1 Å². The third-order valence-corrected chi connectivity index (χ3v) is 4.59. The van der Waals surface area contributed by atoms with Crippen molar-refractivity contribution in [3.8, 4) is 5.75 Å². The Kier molecular flexibility index (Phi) is 6.85. The molecule has 2 N–H and O–H groups in total. The first-order valence-electron chi connectivity index (χ1n) is 8.71. The minimum atomic E-state index is -3.48. The molecule has 146 valence electrons. The van der Waals surface area contributed by atoms with E-state index in [0.717, 1.165) is 24.0 Å². The van der Waals surface area contributed by atoms with Crippen molar-refractivity contribution in [1.29, 1.82) is 0 Å². The van der Waals surface area contributed by atoms with Crippen LogP contribution in [0.3, 0.4) is 0 Å². The average molecular weight is 391 g/mol. The largest absolute Gasteiger partial charge is 0.497 e. The van der Waals surface area contributed by atoms with Crippen molar-refractivity contribution >= 4 is 21.6 Å². The van der Waals surface area contributed by atoms with Crippen molar-refractivity contribution in [3.05, 3.63) is 59.7 Å². The van der Waals surface area contributed by atoms with Gasteiger partial charge in [-0.3, -0.25) is 9.52 Å². The fourth-order valence-corrected chi connectivity index (χ4v) is 3.37. The van der Waals surface area contributed by atoms with Crippen LogP contribution in [0.1, 0.15) is 42.2 Å². The maximum Gasteiger partial charge on any atom is 0.253 e. The van der Waals surface area contributed by atoms with Crippen molar-refractivity contribution in [1.82, 2.24) is 5.32 Å². The van der Waals surface area contributed by atoms with Crippen molar-refractivity contribution < 1.29 is 17.9 Å². The van der Waals surface area contributed by atoms with Crippen molar-refractivity contribution in [2.75, 3.05) is 18.1 Å². The lowest BCUT2D eigenvalue weighted by molar-refractivity contribution is 0.0933. The molecule has 2 rings (SSSR count). The second-order valence-corrected chi connectivity index (χ2v) is 8.60. The number of anilines is 1. The van der Waals surface area contributed by atoms with Gasteiger partial charge in [0.1, 0.15) is 5.75 Å². The predicted molar refractivity (Wildman–Crippen MR) is 108 cm³/mol. The molecule has 2 aromatic rings. The monoisotopic (exact) mass is 390 g/mol. The van der Waals surface area contributed by atoms with Crippen LogP contribution in [0.25, 0.3) is 0 Å². The summed E-state index contributed by atoms with van der Waals surface area (Å²) < 4.78 is 30.7. The summed E-state index contributed by atoms with van der Waals surface area (Å²) in [6, 6.07) is 13.9. The number of benzene rings is 2. The van der Waals surface area contributed by atoms with Gasteiger partial charge >= 0.3 is 0 Å². The average Bonchev–Trinajstić information content (AvgIpc) is 2.60. The first-order chi connectivity index (χ1) is 12.7. The number of carbonyl (C=O) groups excluding carboxylic acids is 1. The van der Waals surface area contributed by atoms with Crippen LogP contribution in [-0.4, -0.2) is 27.7 Å². The number of hydrogen-bond acceptors (Lipinski definition) is 4. The highest BCUT2D eigenvalue weighted by Crippen LogP contribution is 2.25. The Hall–Kier alpha value is -2.54. The maximum atomic E-state index is 12.9. The Labute approximate surface area is 161 Å². The van der Waals surface area contributed by atoms with E-state index in [1.165, 1.54) is 0 Å². The van der Waals surface area contributed by atoms with Crippen LogP contribution in [0.15, 0.2) is 48.5 Å². The Morgan fingerprint density at radius 3 is 2.26 bits per heavy atom. The van der Waals surface area contributed by atoms with Gasteiger partial charge in [0.25, 0.3) is 5.91 Å². The lowest BCUT2D eigenvalue weighted by atomic mass is 9.96. The lowest BCUT2D eigenvalue weighted by Gasteiger charge is -2.22. The molecule has 0 saturated carbocycles. The number of nitrogens with one attached hydrogen (secondary N) is 2. The maximum absolute atomic E-state index is 12.9. The van der Waals surface area contributed by atoms with Crippen molar-refractivity contribution in [2.45, 2.75) is 26.3 Å². The molecule has 0 heterocycles. The van der Waals surface area contributed by atoms with Crippen LogP contribution in [-0.2, 0) is 10.0 Å². The molecule has 1 amide bonds. The van der Waals surface area contributed by atoms with Crippen LogP contribution in [0.5, 0.6) is 5.75 Å². The highest BCUT2D eigenvalue weighted by atomic mass is 32.2. The molecule has 1 atom stereocenters. The quantitative estimate of drug-likeness (QED) is 0.721. The lowest BCUT2D eigenvalue weighted by Crippen LogP contribution is -2.30. The molecule has 0 unspecified atom stereocenters. The smallest absolute Gasteiger partial charge is 0.253 e. The molecule has 0 bridgehead atoms. The van der Waals surface area contributed by atoms with Crippen molar-refractivity contribution in [2.24, 2.45) is 5.92 Å². The number of para-hydroxylation sites is 1. The summed E-state index contributed by atoms with van der Waals surface area (Å²) in [5, 5.41) is 3.03. The van der Waals surface area contributed by atoms with Gasteiger partial charge in [-0.05, 0) is 42.2 Å². The molecule has 7 heteroatoms. The molecule has 0 radical (unpaired) electrons. The van der Waals surface area contributed by atoms with E-state index in [1.807, 2.05) is 24.3 Å². The van der Waals surface area contributed by atoms with Crippen LogP contribution in [0, 0.1) is 5.92 Å². The minimum absolute atomic E-state index is 0.199. The summed E-state index contributed by atoms with van der Waals surface area (Å²) in [5.41, 5.74) is 1.51. The summed E-state index contributed by atoms with van der Waals surface area (Å²) in [4.78, 5) is 12.9. The minimum Gasteiger partial charge on any atom is -0.497 e. The first kappa shape index (κ1) is 20.8. The summed E-state index contributed by atoms with van der Waals surface area (Å²) >= 11 is 0. The first-order valence-corrected chi connectivity index (χ1v) is 10.6. The van der Waals surface area contributed by atoms with Crippen molar-refractivity contribution in [3.63, 3.8) is 0 Å². The van der Waals surface area contributed by atoms with Gasteiger partial charge in [0, 0.05) is 0 Å². The van der Waals surface area contributed by atoms with Gasteiger partial charge in [0.15, 0.2) is 0 Å². The van der Waals surface area contributed by atoms with Crippen LogP contribution in [0.2, 0.25) is 0 Å². The van der Waals surface area contributed by atoms with Gasteiger partial charge in [-0.2, -0.15) is 0 Å². The molecule has 2 aromatic carbocycles. The summed E-state index contributed by atoms with van der Waals surface area (Å²) in [6.45, 7) is 4.17. The van der Waals surface area contributed by atoms with Crippen LogP contribution >= 0.6 is 0 Å². The van der Waals surface area contributed by atoms with E-state index in [9.17, 15) is 13.2 Å².